The molecule has 2 unspecified atom stereocenters. The lowest BCUT2D eigenvalue weighted by Crippen LogP contribution is -2.29. The molecule has 0 aromatic rings. The van der Waals surface area contributed by atoms with Gasteiger partial charge in [-0.15, -0.1) is 0 Å². The second-order valence-corrected chi connectivity index (χ2v) is 18.7. The van der Waals surface area contributed by atoms with Crippen LogP contribution in [0.3, 0.4) is 0 Å². The first kappa shape index (κ1) is 60.5. The molecule has 0 spiro atoms. The van der Waals surface area contributed by atoms with E-state index in [1.807, 2.05) is 54.7 Å². The van der Waals surface area contributed by atoms with Crippen LogP contribution in [0.5, 0.6) is 0 Å². The van der Waals surface area contributed by atoms with Gasteiger partial charge in [0.1, 0.15) is 12.7 Å². The van der Waals surface area contributed by atoms with Crippen LogP contribution in [0.25, 0.3) is 0 Å². The standard InChI is InChI=1S/C47H82O14P2/c1-4-5-6-7-24-29-34-43(48)35-30-25-20-16-13-14-18-22-27-32-37-47(51)61-45(41-60-63(55,56)59-39-44(49)38-58-62(52,53)54)40-57-46(50)36-31-26-21-17-12-10-8-9-11-15-19-23-28-33-42(2)3/h5-6,13-14,20,22,24-25,27,29-30,35,42-45,48-49H,4,7-12,15-19,21,23,26,28,31-34,36-41H2,1-3H3,(H,55,56)(H2,52,53,54)/b6-5-,14-13-,25-20-,27-22-,29-24-,35-30+/t43?,44-,45+/m0/s1. The van der Waals surface area contributed by atoms with Crippen molar-refractivity contribution in [2.45, 2.75) is 180 Å². The van der Waals surface area contributed by atoms with Crippen molar-refractivity contribution < 1.29 is 66.7 Å². The first-order valence-corrected chi connectivity index (χ1v) is 26.1. The molecule has 0 aliphatic heterocycles. The molecule has 0 aliphatic carbocycles. The molecule has 0 saturated heterocycles. The Morgan fingerprint density at radius 1 is 0.571 bits per heavy atom. The molecule has 4 atom stereocenters. The summed E-state index contributed by atoms with van der Waals surface area (Å²) in [6, 6.07) is 0. The molecule has 0 heterocycles. The highest BCUT2D eigenvalue weighted by molar-refractivity contribution is 7.47. The molecule has 0 amide bonds. The van der Waals surface area contributed by atoms with Crippen molar-refractivity contribution in [3.05, 3.63) is 72.9 Å². The fraction of sp³-hybridized carbons (Fsp3) is 0.702. The van der Waals surface area contributed by atoms with Crippen LogP contribution in [-0.2, 0) is 41.8 Å². The van der Waals surface area contributed by atoms with E-state index in [0.717, 1.165) is 44.4 Å². The molecular weight excluding hydrogens is 850 g/mol. The Morgan fingerprint density at radius 3 is 1.70 bits per heavy atom. The number of rotatable bonds is 42. The molecule has 0 saturated carbocycles. The molecule has 5 N–H and O–H groups in total. The summed E-state index contributed by atoms with van der Waals surface area (Å²) in [7, 11) is -9.72. The van der Waals surface area contributed by atoms with Gasteiger partial charge in [-0.3, -0.25) is 23.2 Å². The Labute approximate surface area is 378 Å². The van der Waals surface area contributed by atoms with Crippen LogP contribution in [0.2, 0.25) is 0 Å². The SMILES string of the molecule is CC/C=C\C/C=C\CC(O)/C=C/C=C\C/C=C\C/C=C\CCC(=O)O[C@H](COC(=O)CCCCCCCCCCCCCCCC(C)C)COP(=O)(O)OC[C@@H](O)COP(=O)(O)O. The van der Waals surface area contributed by atoms with E-state index in [0.29, 0.717) is 25.7 Å². The molecular formula is C47H82O14P2. The van der Waals surface area contributed by atoms with E-state index < -0.39 is 72.3 Å². The zero-order chi connectivity index (χ0) is 46.9. The minimum Gasteiger partial charge on any atom is -0.462 e. The van der Waals surface area contributed by atoms with Gasteiger partial charge in [-0.05, 0) is 50.9 Å². The highest BCUT2D eigenvalue weighted by Crippen LogP contribution is 2.43. The van der Waals surface area contributed by atoms with E-state index in [4.69, 9.17) is 23.8 Å². The smallest absolute Gasteiger partial charge is 0.462 e. The molecule has 0 rings (SSSR count). The van der Waals surface area contributed by atoms with Gasteiger partial charge in [-0.2, -0.15) is 0 Å². The number of hydrogen-bond acceptors (Lipinski definition) is 11. The van der Waals surface area contributed by atoms with Crippen molar-refractivity contribution in [3.63, 3.8) is 0 Å². The summed E-state index contributed by atoms with van der Waals surface area (Å²) in [6.07, 6.45) is 40.8. The Morgan fingerprint density at radius 2 is 1.10 bits per heavy atom. The Hall–Kier alpha value is -2.48. The van der Waals surface area contributed by atoms with E-state index in [2.05, 4.69) is 42.0 Å². The average Bonchev–Trinajstić information content (AvgIpc) is 3.23. The number of hydrogen-bond donors (Lipinski definition) is 5. The molecule has 0 aromatic heterocycles. The largest absolute Gasteiger partial charge is 0.472 e. The van der Waals surface area contributed by atoms with Crippen LogP contribution in [0, 0.1) is 5.92 Å². The van der Waals surface area contributed by atoms with Gasteiger partial charge in [0.15, 0.2) is 6.10 Å². The highest BCUT2D eigenvalue weighted by atomic mass is 31.2. The monoisotopic (exact) mass is 933 g/mol. The van der Waals surface area contributed by atoms with Gasteiger partial charge in [0.2, 0.25) is 0 Å². The number of aliphatic hydroxyl groups is 2. The normalized spacial score (nSPS) is 15.2. The maximum absolute atomic E-state index is 12.7. The molecule has 0 aromatic carbocycles. The van der Waals surface area contributed by atoms with Gasteiger partial charge >= 0.3 is 27.6 Å². The van der Waals surface area contributed by atoms with Gasteiger partial charge in [0.05, 0.1) is 25.9 Å². The second-order valence-electron chi connectivity index (χ2n) is 16.0. The number of phosphoric ester groups is 2. The number of phosphoric acid groups is 2. The summed E-state index contributed by atoms with van der Waals surface area (Å²) in [4.78, 5) is 52.7. The Balaban J connectivity index is 4.66. The fourth-order valence-electron chi connectivity index (χ4n) is 5.88. The second kappa shape index (κ2) is 41.0. The Kier molecular flexibility index (Phi) is 39.4. The number of unbranched alkanes of at least 4 members (excludes halogenated alkanes) is 12. The summed E-state index contributed by atoms with van der Waals surface area (Å²) >= 11 is 0. The average molecular weight is 933 g/mol. The number of carbonyl (C=O) groups is 2. The van der Waals surface area contributed by atoms with Crippen LogP contribution in [0.4, 0.5) is 0 Å². The van der Waals surface area contributed by atoms with Gasteiger partial charge in [0.25, 0.3) is 0 Å². The summed E-state index contributed by atoms with van der Waals surface area (Å²) in [5.41, 5.74) is 0. The summed E-state index contributed by atoms with van der Waals surface area (Å²) < 4.78 is 47.7. The summed E-state index contributed by atoms with van der Waals surface area (Å²) in [5.74, 6) is -0.364. The molecule has 0 radical (unpaired) electrons. The molecule has 0 aliphatic rings. The van der Waals surface area contributed by atoms with Gasteiger partial charge in [0, 0.05) is 12.8 Å². The van der Waals surface area contributed by atoms with Gasteiger partial charge in [-0.1, -0.05) is 177 Å². The van der Waals surface area contributed by atoms with E-state index in [-0.39, 0.29) is 12.8 Å². The van der Waals surface area contributed by atoms with Crippen LogP contribution >= 0.6 is 15.6 Å². The maximum Gasteiger partial charge on any atom is 0.472 e. The van der Waals surface area contributed by atoms with E-state index >= 15 is 0 Å². The molecule has 16 heteroatoms. The van der Waals surface area contributed by atoms with Crippen molar-refractivity contribution in [2.24, 2.45) is 5.92 Å². The van der Waals surface area contributed by atoms with Crippen LogP contribution in [-0.4, -0.2) is 81.6 Å². The first-order chi connectivity index (χ1) is 30.1. The zero-order valence-corrected chi connectivity index (χ0v) is 40.2. The third kappa shape index (κ3) is 45.9. The van der Waals surface area contributed by atoms with Crippen molar-refractivity contribution in [2.75, 3.05) is 26.4 Å². The third-order valence-corrected chi connectivity index (χ3v) is 10.8. The molecule has 63 heavy (non-hydrogen) atoms. The van der Waals surface area contributed by atoms with E-state index in [1.165, 1.54) is 64.2 Å². The first-order valence-electron chi connectivity index (χ1n) is 23.1. The van der Waals surface area contributed by atoms with Gasteiger partial charge < -0.3 is 34.4 Å². The minimum absolute atomic E-state index is 0.0190. The van der Waals surface area contributed by atoms with E-state index in [9.17, 15) is 33.8 Å². The molecule has 14 nitrogen and oxygen atoms in total. The fourth-order valence-corrected chi connectivity index (χ4v) is 7.03. The lowest BCUT2D eigenvalue weighted by molar-refractivity contribution is -0.161. The van der Waals surface area contributed by atoms with Crippen molar-refractivity contribution in [1.29, 1.82) is 0 Å². The van der Waals surface area contributed by atoms with Crippen LogP contribution in [0.1, 0.15) is 162 Å². The topological polar surface area (TPSA) is 216 Å². The highest BCUT2D eigenvalue weighted by Gasteiger charge is 2.28. The van der Waals surface area contributed by atoms with Crippen molar-refractivity contribution in [1.82, 2.24) is 0 Å². The van der Waals surface area contributed by atoms with E-state index in [1.54, 1.807) is 6.08 Å². The van der Waals surface area contributed by atoms with Crippen LogP contribution in [0.15, 0.2) is 72.9 Å². The molecule has 0 bridgehead atoms. The maximum atomic E-state index is 12.7. The minimum atomic E-state index is -4.88. The third-order valence-electron chi connectivity index (χ3n) is 9.37. The lowest BCUT2D eigenvalue weighted by atomic mass is 10.0. The zero-order valence-electron chi connectivity index (χ0n) is 38.4. The lowest BCUT2D eigenvalue weighted by Gasteiger charge is -2.20. The summed E-state index contributed by atoms with van der Waals surface area (Å²) in [6.45, 7) is 3.81. The number of carbonyl (C=O) groups excluding carboxylic acids is 2. The Bertz CT molecular complexity index is 1420. The number of allylic oxidation sites excluding steroid dienone is 10. The number of ether oxygens (including phenoxy) is 2. The number of esters is 2. The van der Waals surface area contributed by atoms with Crippen molar-refractivity contribution in [3.8, 4) is 0 Å². The quantitative estimate of drug-likeness (QED) is 0.0127. The van der Waals surface area contributed by atoms with Crippen molar-refractivity contribution >= 4 is 27.6 Å². The summed E-state index contributed by atoms with van der Waals surface area (Å²) in [5, 5.41) is 19.8. The molecule has 0 fully saturated rings. The predicted molar refractivity (Wildman–Crippen MR) is 250 cm³/mol. The van der Waals surface area contributed by atoms with Gasteiger partial charge in [-0.25, -0.2) is 9.13 Å². The number of aliphatic hydroxyl groups excluding tert-OH is 2. The van der Waals surface area contributed by atoms with Crippen LogP contribution < -0.4 is 0 Å². The molecule has 364 valence electrons. The predicted octanol–water partition coefficient (Wildman–Crippen LogP) is 11.0.